The van der Waals surface area contributed by atoms with Crippen molar-refractivity contribution in [3.63, 3.8) is 0 Å². The maximum absolute atomic E-state index is 13.9. The summed E-state index contributed by atoms with van der Waals surface area (Å²) in [4.78, 5) is 19.0. The molecule has 146 valence electrons. The summed E-state index contributed by atoms with van der Waals surface area (Å²) < 4.78 is 21.5. The summed E-state index contributed by atoms with van der Waals surface area (Å²) in [5.74, 6) is 0.882. The van der Waals surface area contributed by atoms with E-state index in [1.165, 1.54) is 6.07 Å². The average Bonchev–Trinajstić information content (AvgIpc) is 3.33. The van der Waals surface area contributed by atoms with Crippen LogP contribution in [0.25, 0.3) is 0 Å². The number of oxazole rings is 1. The Kier molecular flexibility index (Phi) is 4.75. The van der Waals surface area contributed by atoms with Crippen LogP contribution in [0.4, 0.5) is 4.39 Å². The van der Waals surface area contributed by atoms with Crippen LogP contribution in [0.1, 0.15) is 47.5 Å². The molecule has 0 saturated carbocycles. The molecule has 0 aliphatic carbocycles. The van der Waals surface area contributed by atoms with Gasteiger partial charge in [-0.25, -0.2) is 9.37 Å². The Bertz CT molecular complexity index is 996. The van der Waals surface area contributed by atoms with Gasteiger partial charge in [0.05, 0.1) is 11.6 Å². The Balaban J connectivity index is 1.51. The maximum Gasteiger partial charge on any atom is 0.274 e. The lowest BCUT2D eigenvalue weighted by atomic mass is 9.81. The van der Waals surface area contributed by atoms with Gasteiger partial charge in [0.1, 0.15) is 17.3 Å². The third-order valence-electron chi connectivity index (χ3n) is 5.31. The highest BCUT2D eigenvalue weighted by Crippen LogP contribution is 2.34. The molecule has 3 aromatic rings. The number of carbonyl (C=O) groups is 1. The predicted molar refractivity (Wildman–Crippen MR) is 101 cm³/mol. The summed E-state index contributed by atoms with van der Waals surface area (Å²) in [6.07, 6.45) is 5.51. The zero-order valence-electron chi connectivity index (χ0n) is 16.1. The molecule has 2 aromatic heterocycles. The Hall–Kier alpha value is -2.96. The molecule has 0 radical (unpaired) electrons. The summed E-state index contributed by atoms with van der Waals surface area (Å²) >= 11 is 0. The lowest BCUT2D eigenvalue weighted by molar-refractivity contribution is 0.0619. The van der Waals surface area contributed by atoms with Crippen molar-refractivity contribution in [1.29, 1.82) is 0 Å². The van der Waals surface area contributed by atoms with Gasteiger partial charge in [-0.2, -0.15) is 5.10 Å². The zero-order chi connectivity index (χ0) is 19.7. The lowest BCUT2D eigenvalue weighted by Gasteiger charge is -2.38. The number of piperidine rings is 1. The summed E-state index contributed by atoms with van der Waals surface area (Å²) in [6.45, 7) is 3.26. The zero-order valence-corrected chi connectivity index (χ0v) is 16.1. The molecule has 1 amide bonds. The molecule has 1 aliphatic rings. The molecule has 1 fully saturated rings. The number of amides is 1. The van der Waals surface area contributed by atoms with Crippen LogP contribution >= 0.6 is 0 Å². The van der Waals surface area contributed by atoms with E-state index in [1.807, 2.05) is 4.90 Å². The van der Waals surface area contributed by atoms with Crippen molar-refractivity contribution in [3.8, 4) is 0 Å². The second kappa shape index (κ2) is 7.22. The summed E-state index contributed by atoms with van der Waals surface area (Å²) in [5.41, 5.74) is 0.640. The highest BCUT2D eigenvalue weighted by Gasteiger charge is 2.39. The van der Waals surface area contributed by atoms with Gasteiger partial charge in [0.15, 0.2) is 0 Å². The number of hydrogen-bond donors (Lipinski definition) is 0. The van der Waals surface area contributed by atoms with E-state index >= 15 is 0 Å². The van der Waals surface area contributed by atoms with E-state index in [2.05, 4.69) is 17.0 Å². The minimum Gasteiger partial charge on any atom is -0.445 e. The van der Waals surface area contributed by atoms with E-state index in [0.29, 0.717) is 42.4 Å². The summed E-state index contributed by atoms with van der Waals surface area (Å²) in [6, 6.07) is 8.38. The first kappa shape index (κ1) is 18.4. The number of aryl methyl sites for hydroxylation is 1. The van der Waals surface area contributed by atoms with Crippen LogP contribution in [0.15, 0.2) is 47.1 Å². The first-order chi connectivity index (χ1) is 13.4. The fraction of sp³-hybridized carbons (Fsp3) is 0.381. The molecule has 4 rings (SSSR count). The molecular formula is C21H23FN4O2. The second-order valence-corrected chi connectivity index (χ2v) is 7.67. The number of benzene rings is 1. The number of carbonyl (C=O) groups excluding carboxylic acids is 1. The minimum atomic E-state index is -0.379. The smallest absolute Gasteiger partial charge is 0.274 e. The monoisotopic (exact) mass is 382 g/mol. The second-order valence-electron chi connectivity index (χ2n) is 7.67. The quantitative estimate of drug-likeness (QED) is 0.694. The normalized spacial score (nSPS) is 19.8. The van der Waals surface area contributed by atoms with Crippen molar-refractivity contribution in [2.24, 2.45) is 7.05 Å². The highest BCUT2D eigenvalue weighted by molar-refractivity contribution is 5.92. The molecule has 0 N–H and O–H groups in total. The molecular weight excluding hydrogens is 359 g/mol. The largest absolute Gasteiger partial charge is 0.445 e. The molecule has 1 aromatic carbocycles. The first-order valence-electron chi connectivity index (χ1n) is 9.42. The number of rotatable bonds is 4. The van der Waals surface area contributed by atoms with Crippen molar-refractivity contribution >= 4 is 5.91 Å². The topological polar surface area (TPSA) is 64.2 Å². The van der Waals surface area contributed by atoms with E-state index in [4.69, 9.17) is 4.42 Å². The van der Waals surface area contributed by atoms with Crippen LogP contribution in [-0.4, -0.2) is 38.7 Å². The van der Waals surface area contributed by atoms with Gasteiger partial charge in [-0.3, -0.25) is 9.48 Å². The van der Waals surface area contributed by atoms with Gasteiger partial charge in [-0.05, 0) is 37.5 Å². The van der Waals surface area contributed by atoms with Crippen LogP contribution in [0.3, 0.4) is 0 Å². The van der Waals surface area contributed by atoms with Crippen LogP contribution in [-0.2, 0) is 18.9 Å². The maximum atomic E-state index is 13.9. The number of nitrogens with zero attached hydrogens (tertiary/aromatic N) is 4. The molecule has 0 spiro atoms. The van der Waals surface area contributed by atoms with Gasteiger partial charge >= 0.3 is 0 Å². The van der Waals surface area contributed by atoms with Crippen molar-refractivity contribution in [1.82, 2.24) is 19.7 Å². The Morgan fingerprint density at radius 1 is 1.32 bits per heavy atom. The third kappa shape index (κ3) is 3.56. The van der Waals surface area contributed by atoms with Crippen LogP contribution < -0.4 is 0 Å². The SMILES string of the molecule is Cn1ccc(C(=O)N2CCC[C@](C)(c3ncc(Cc4ccccc4F)o3)C2)n1. The van der Waals surface area contributed by atoms with E-state index in [1.54, 1.807) is 48.4 Å². The first-order valence-corrected chi connectivity index (χ1v) is 9.42. The predicted octanol–water partition coefficient (Wildman–Crippen LogP) is 3.33. The van der Waals surface area contributed by atoms with Crippen molar-refractivity contribution in [3.05, 3.63) is 71.5 Å². The van der Waals surface area contributed by atoms with Gasteiger partial charge in [-0.15, -0.1) is 0 Å². The Labute approximate surface area is 163 Å². The molecule has 1 saturated heterocycles. The molecule has 3 heterocycles. The Morgan fingerprint density at radius 3 is 2.89 bits per heavy atom. The standard InChI is InChI=1S/C21H23FN4O2/c1-21(9-5-10-26(14-21)19(27)18-8-11-25(2)24-18)20-23-13-16(28-20)12-15-6-3-4-7-17(15)22/h3-4,6-8,11,13H,5,9-10,12,14H2,1-2H3/t21-/m0/s1. The van der Waals surface area contributed by atoms with Gasteiger partial charge in [-0.1, -0.05) is 18.2 Å². The van der Waals surface area contributed by atoms with Crippen LogP contribution in [0.5, 0.6) is 0 Å². The fourth-order valence-corrected chi connectivity index (χ4v) is 3.78. The van der Waals surface area contributed by atoms with E-state index in [-0.39, 0.29) is 17.1 Å². The molecule has 6 nitrogen and oxygen atoms in total. The van der Waals surface area contributed by atoms with E-state index in [0.717, 1.165) is 12.8 Å². The lowest BCUT2D eigenvalue weighted by Crippen LogP contribution is -2.47. The molecule has 7 heteroatoms. The van der Waals surface area contributed by atoms with Gasteiger partial charge in [0.25, 0.3) is 5.91 Å². The molecule has 28 heavy (non-hydrogen) atoms. The minimum absolute atomic E-state index is 0.0790. The number of halogens is 1. The van der Waals surface area contributed by atoms with Crippen molar-refractivity contribution in [2.45, 2.75) is 31.6 Å². The van der Waals surface area contributed by atoms with Crippen LogP contribution in [0, 0.1) is 5.82 Å². The van der Waals surface area contributed by atoms with E-state index in [9.17, 15) is 9.18 Å². The van der Waals surface area contributed by atoms with Crippen molar-refractivity contribution < 1.29 is 13.6 Å². The van der Waals surface area contributed by atoms with Crippen LogP contribution in [0.2, 0.25) is 0 Å². The molecule has 0 bridgehead atoms. The number of hydrogen-bond acceptors (Lipinski definition) is 4. The van der Waals surface area contributed by atoms with E-state index < -0.39 is 0 Å². The highest BCUT2D eigenvalue weighted by atomic mass is 19.1. The fourth-order valence-electron chi connectivity index (χ4n) is 3.78. The number of aromatic nitrogens is 3. The van der Waals surface area contributed by atoms with Gasteiger partial charge in [0.2, 0.25) is 5.89 Å². The van der Waals surface area contributed by atoms with Gasteiger partial charge in [0, 0.05) is 32.8 Å². The third-order valence-corrected chi connectivity index (χ3v) is 5.31. The van der Waals surface area contributed by atoms with Gasteiger partial charge < -0.3 is 9.32 Å². The summed E-state index contributed by atoms with van der Waals surface area (Å²) in [5, 5.41) is 4.22. The molecule has 1 aliphatic heterocycles. The summed E-state index contributed by atoms with van der Waals surface area (Å²) in [7, 11) is 1.79. The van der Waals surface area contributed by atoms with Crippen molar-refractivity contribution in [2.75, 3.05) is 13.1 Å². The number of likely N-dealkylation sites (tertiary alicyclic amines) is 1. The Morgan fingerprint density at radius 2 is 2.14 bits per heavy atom. The average molecular weight is 382 g/mol. The molecule has 0 unspecified atom stereocenters. The molecule has 1 atom stereocenters.